The van der Waals surface area contributed by atoms with E-state index in [0.29, 0.717) is 5.92 Å². The first-order valence-electron chi connectivity index (χ1n) is 6.85. The lowest BCUT2D eigenvalue weighted by atomic mass is 9.71. The molecule has 0 saturated heterocycles. The Balaban J connectivity index is 2.18. The highest BCUT2D eigenvalue weighted by Crippen LogP contribution is 2.38. The Kier molecular flexibility index (Phi) is 4.23. The number of nitrogens with one attached hydrogen (secondary N) is 1. The number of rotatable bonds is 4. The SMILES string of the molecule is CCC1CCCCC1(CO)Nc1ccc(F)cc1. The second-order valence-electron chi connectivity index (χ2n) is 5.30. The zero-order valence-electron chi connectivity index (χ0n) is 11.0. The molecule has 2 rings (SSSR count). The molecule has 0 spiro atoms. The summed E-state index contributed by atoms with van der Waals surface area (Å²) in [5.41, 5.74) is 0.663. The fourth-order valence-corrected chi connectivity index (χ4v) is 3.14. The summed E-state index contributed by atoms with van der Waals surface area (Å²) in [4.78, 5) is 0. The van der Waals surface area contributed by atoms with E-state index in [1.54, 1.807) is 12.1 Å². The first kappa shape index (κ1) is 13.3. The molecule has 0 amide bonds. The Morgan fingerprint density at radius 2 is 2.06 bits per heavy atom. The molecule has 3 heteroatoms. The van der Waals surface area contributed by atoms with E-state index in [-0.39, 0.29) is 18.0 Å². The number of aliphatic hydroxyl groups is 1. The van der Waals surface area contributed by atoms with Crippen molar-refractivity contribution in [1.29, 1.82) is 0 Å². The Hall–Kier alpha value is -1.09. The summed E-state index contributed by atoms with van der Waals surface area (Å²) >= 11 is 0. The van der Waals surface area contributed by atoms with E-state index in [0.717, 1.165) is 31.4 Å². The molecule has 0 aromatic heterocycles. The highest BCUT2D eigenvalue weighted by atomic mass is 19.1. The molecule has 100 valence electrons. The van der Waals surface area contributed by atoms with Gasteiger partial charge >= 0.3 is 0 Å². The summed E-state index contributed by atoms with van der Waals surface area (Å²) < 4.78 is 12.9. The second-order valence-corrected chi connectivity index (χ2v) is 5.30. The zero-order valence-corrected chi connectivity index (χ0v) is 11.0. The highest BCUT2D eigenvalue weighted by molar-refractivity contribution is 5.46. The molecule has 2 N–H and O–H groups in total. The summed E-state index contributed by atoms with van der Waals surface area (Å²) in [6.45, 7) is 2.32. The minimum absolute atomic E-state index is 0.142. The number of anilines is 1. The van der Waals surface area contributed by atoms with E-state index in [1.807, 2.05) is 0 Å². The molecular weight excluding hydrogens is 229 g/mol. The Morgan fingerprint density at radius 3 is 2.67 bits per heavy atom. The van der Waals surface area contributed by atoms with Gasteiger partial charge in [-0.2, -0.15) is 0 Å². The molecule has 2 unspecified atom stereocenters. The van der Waals surface area contributed by atoms with Crippen LogP contribution in [0.1, 0.15) is 39.0 Å². The van der Waals surface area contributed by atoms with E-state index in [4.69, 9.17) is 0 Å². The smallest absolute Gasteiger partial charge is 0.123 e. The fourth-order valence-electron chi connectivity index (χ4n) is 3.14. The quantitative estimate of drug-likeness (QED) is 0.857. The van der Waals surface area contributed by atoms with Gasteiger partial charge in [0.15, 0.2) is 0 Å². The van der Waals surface area contributed by atoms with Crippen molar-refractivity contribution in [1.82, 2.24) is 0 Å². The summed E-state index contributed by atoms with van der Waals surface area (Å²) in [6.07, 6.45) is 5.59. The molecule has 0 aliphatic heterocycles. The van der Waals surface area contributed by atoms with Crippen molar-refractivity contribution in [2.75, 3.05) is 11.9 Å². The van der Waals surface area contributed by atoms with Gasteiger partial charge in [0.05, 0.1) is 12.1 Å². The van der Waals surface area contributed by atoms with Crippen LogP contribution in [0.5, 0.6) is 0 Å². The molecular formula is C15H22FNO. The maximum Gasteiger partial charge on any atom is 0.123 e. The van der Waals surface area contributed by atoms with Crippen molar-refractivity contribution >= 4 is 5.69 Å². The van der Waals surface area contributed by atoms with Gasteiger partial charge in [0.25, 0.3) is 0 Å². The third kappa shape index (κ3) is 2.66. The van der Waals surface area contributed by atoms with Crippen LogP contribution in [0.15, 0.2) is 24.3 Å². The molecule has 0 bridgehead atoms. The molecule has 1 aromatic carbocycles. The van der Waals surface area contributed by atoms with Gasteiger partial charge in [-0.15, -0.1) is 0 Å². The first-order valence-corrected chi connectivity index (χ1v) is 6.85. The molecule has 1 saturated carbocycles. The lowest BCUT2D eigenvalue weighted by molar-refractivity contribution is 0.115. The van der Waals surface area contributed by atoms with Crippen LogP contribution in [-0.2, 0) is 0 Å². The van der Waals surface area contributed by atoms with Gasteiger partial charge in [0, 0.05) is 5.69 Å². The summed E-state index contributed by atoms with van der Waals surface area (Å²) in [5, 5.41) is 13.3. The van der Waals surface area contributed by atoms with E-state index in [2.05, 4.69) is 12.2 Å². The molecule has 1 fully saturated rings. The van der Waals surface area contributed by atoms with Gasteiger partial charge in [0.2, 0.25) is 0 Å². The van der Waals surface area contributed by atoms with Crippen molar-refractivity contribution in [2.24, 2.45) is 5.92 Å². The lowest BCUT2D eigenvalue weighted by Gasteiger charge is -2.44. The van der Waals surface area contributed by atoms with Crippen LogP contribution in [-0.4, -0.2) is 17.3 Å². The van der Waals surface area contributed by atoms with Gasteiger partial charge in [-0.25, -0.2) is 4.39 Å². The van der Waals surface area contributed by atoms with Gasteiger partial charge in [-0.05, 0) is 43.0 Å². The average Bonchev–Trinajstić information content (AvgIpc) is 2.42. The number of halogens is 1. The second kappa shape index (κ2) is 5.70. The first-order chi connectivity index (χ1) is 8.70. The van der Waals surface area contributed by atoms with Crippen molar-refractivity contribution in [3.8, 4) is 0 Å². The Morgan fingerprint density at radius 1 is 1.33 bits per heavy atom. The minimum Gasteiger partial charge on any atom is -0.394 e. The van der Waals surface area contributed by atoms with Gasteiger partial charge < -0.3 is 10.4 Å². The minimum atomic E-state index is -0.231. The van der Waals surface area contributed by atoms with Gasteiger partial charge in [0.1, 0.15) is 5.82 Å². The molecule has 1 aliphatic rings. The summed E-state index contributed by atoms with van der Waals surface area (Å²) in [6, 6.07) is 6.40. The van der Waals surface area contributed by atoms with Crippen LogP contribution in [0.25, 0.3) is 0 Å². The maximum absolute atomic E-state index is 12.9. The third-order valence-corrected chi connectivity index (χ3v) is 4.22. The van der Waals surface area contributed by atoms with E-state index in [9.17, 15) is 9.50 Å². The van der Waals surface area contributed by atoms with Crippen LogP contribution in [0.4, 0.5) is 10.1 Å². The van der Waals surface area contributed by atoms with Crippen molar-refractivity contribution in [3.63, 3.8) is 0 Å². The highest BCUT2D eigenvalue weighted by Gasteiger charge is 2.39. The number of aliphatic hydroxyl groups excluding tert-OH is 1. The molecule has 2 atom stereocenters. The largest absolute Gasteiger partial charge is 0.394 e. The molecule has 0 radical (unpaired) electrons. The number of hydrogen-bond donors (Lipinski definition) is 2. The third-order valence-electron chi connectivity index (χ3n) is 4.22. The van der Waals surface area contributed by atoms with Crippen molar-refractivity contribution < 1.29 is 9.50 Å². The van der Waals surface area contributed by atoms with E-state index < -0.39 is 0 Å². The van der Waals surface area contributed by atoms with Crippen LogP contribution < -0.4 is 5.32 Å². The normalized spacial score (nSPS) is 28.1. The van der Waals surface area contributed by atoms with Crippen molar-refractivity contribution in [3.05, 3.63) is 30.1 Å². The molecule has 2 nitrogen and oxygen atoms in total. The lowest BCUT2D eigenvalue weighted by Crippen LogP contribution is -2.50. The maximum atomic E-state index is 12.9. The van der Waals surface area contributed by atoms with Crippen LogP contribution in [0.2, 0.25) is 0 Å². The Labute approximate surface area is 108 Å². The molecule has 1 aromatic rings. The molecule has 18 heavy (non-hydrogen) atoms. The molecule has 0 heterocycles. The van der Waals surface area contributed by atoms with Crippen molar-refractivity contribution in [2.45, 2.75) is 44.6 Å². The monoisotopic (exact) mass is 251 g/mol. The van der Waals surface area contributed by atoms with Gasteiger partial charge in [-0.1, -0.05) is 26.2 Å². The summed E-state index contributed by atoms with van der Waals surface area (Å²) in [7, 11) is 0. The zero-order chi connectivity index (χ0) is 13.0. The van der Waals surface area contributed by atoms with E-state index in [1.165, 1.54) is 18.6 Å². The number of benzene rings is 1. The van der Waals surface area contributed by atoms with E-state index >= 15 is 0 Å². The number of hydrogen-bond acceptors (Lipinski definition) is 2. The molecule has 1 aliphatic carbocycles. The van der Waals surface area contributed by atoms with Crippen LogP contribution in [0.3, 0.4) is 0 Å². The predicted octanol–water partition coefficient (Wildman–Crippen LogP) is 3.57. The predicted molar refractivity (Wildman–Crippen MR) is 72.1 cm³/mol. The summed E-state index contributed by atoms with van der Waals surface area (Å²) in [5.74, 6) is 0.260. The Bertz CT molecular complexity index is 379. The fraction of sp³-hybridized carbons (Fsp3) is 0.600. The average molecular weight is 251 g/mol. The van der Waals surface area contributed by atoms with Gasteiger partial charge in [-0.3, -0.25) is 0 Å². The van der Waals surface area contributed by atoms with Crippen LogP contribution in [0, 0.1) is 11.7 Å². The van der Waals surface area contributed by atoms with Crippen LogP contribution >= 0.6 is 0 Å². The standard InChI is InChI=1S/C15H22FNO/c1-2-12-5-3-4-10-15(12,11-18)17-14-8-6-13(16)7-9-14/h6-9,12,17-18H,2-5,10-11H2,1H3. The topological polar surface area (TPSA) is 32.3 Å².